The van der Waals surface area contributed by atoms with Crippen molar-refractivity contribution in [1.29, 1.82) is 0 Å². The first-order valence-corrected chi connectivity index (χ1v) is 19.5. The number of amides is 1. The summed E-state index contributed by atoms with van der Waals surface area (Å²) in [4.78, 5) is 41.6. The molecule has 1 amide bonds. The van der Waals surface area contributed by atoms with Crippen molar-refractivity contribution in [3.8, 4) is 11.5 Å². The topological polar surface area (TPSA) is 143 Å². The number of rotatable bonds is 16. The molecule has 1 spiro atoms. The molecule has 2 heterocycles. The summed E-state index contributed by atoms with van der Waals surface area (Å²) >= 11 is 0. The molecule has 0 aromatic heterocycles. The fraction of sp³-hybridized carbons (Fsp3) is 0.775. The maximum Gasteiger partial charge on any atom is 0.332 e. The van der Waals surface area contributed by atoms with Crippen molar-refractivity contribution in [2.45, 2.75) is 147 Å². The highest BCUT2D eigenvalue weighted by Crippen LogP contribution is 2.53. The third-order valence-corrected chi connectivity index (χ3v) is 12.7. The third-order valence-electron chi connectivity index (χ3n) is 12.7. The van der Waals surface area contributed by atoms with Crippen LogP contribution in [0.4, 0.5) is 0 Å². The molecule has 5 rings (SSSR count). The number of phenols is 1. The highest BCUT2D eigenvalue weighted by Gasteiger charge is 2.60. The number of piperidine rings is 2. The fourth-order valence-corrected chi connectivity index (χ4v) is 9.92. The molecule has 4 aliphatic rings. The van der Waals surface area contributed by atoms with Crippen LogP contribution in [0.25, 0.3) is 0 Å². The Labute approximate surface area is 298 Å². The largest absolute Gasteiger partial charge is 0.504 e. The first-order valence-electron chi connectivity index (χ1n) is 19.5. The number of fused-ring (bicyclic) bond motifs is 1. The summed E-state index contributed by atoms with van der Waals surface area (Å²) in [6, 6.07) is 5.39. The molecule has 10 heteroatoms. The Bertz CT molecular complexity index is 1300. The number of hydrogen-bond acceptors (Lipinski definition) is 9. The number of aliphatic hydroxyl groups excluding tert-OH is 1. The monoisotopic (exact) mass is 698 g/mol. The predicted octanol–water partition coefficient (Wildman–Crippen LogP) is 6.13. The Balaban J connectivity index is 1.54. The summed E-state index contributed by atoms with van der Waals surface area (Å²) in [5.74, 6) is -0.246. The van der Waals surface area contributed by atoms with Crippen molar-refractivity contribution in [3.05, 3.63) is 23.8 Å². The lowest BCUT2D eigenvalue weighted by atomic mass is 9.61. The molecule has 0 radical (unpaired) electrons. The number of methoxy groups -OCH3 is 1. The smallest absolute Gasteiger partial charge is 0.332 e. The molecule has 4 fully saturated rings. The number of carbonyl (C=O) groups is 3. The van der Waals surface area contributed by atoms with Crippen LogP contribution in [0, 0.1) is 22.7 Å². The van der Waals surface area contributed by atoms with E-state index in [4.69, 9.17) is 14.2 Å². The van der Waals surface area contributed by atoms with E-state index in [-0.39, 0.29) is 47.5 Å². The zero-order valence-electron chi connectivity index (χ0n) is 30.7. The average Bonchev–Trinajstić information content (AvgIpc) is 3.58. The lowest BCUT2D eigenvalue weighted by Gasteiger charge is -2.52. The number of hydrogen-bond donors (Lipinski definition) is 4. The van der Waals surface area contributed by atoms with E-state index < -0.39 is 23.2 Å². The molecule has 2 aliphatic heterocycles. The summed E-state index contributed by atoms with van der Waals surface area (Å²) in [6.45, 7) is 5.09. The second kappa shape index (κ2) is 17.1. The molecular formula is C40H62N2O8. The van der Waals surface area contributed by atoms with Crippen molar-refractivity contribution in [3.63, 3.8) is 0 Å². The average molecular weight is 699 g/mol. The molecule has 10 nitrogen and oxygen atoms in total. The summed E-state index contributed by atoms with van der Waals surface area (Å²) < 4.78 is 18.5. The zero-order valence-corrected chi connectivity index (χ0v) is 30.7. The van der Waals surface area contributed by atoms with Crippen molar-refractivity contribution >= 4 is 17.8 Å². The molecule has 0 bridgehead atoms. The number of esters is 2. The maximum atomic E-state index is 15.0. The van der Waals surface area contributed by atoms with Crippen LogP contribution in [-0.4, -0.2) is 72.6 Å². The van der Waals surface area contributed by atoms with Gasteiger partial charge in [0.15, 0.2) is 11.5 Å². The number of carbonyl (C=O) groups excluding carboxylic acids is 3. The first kappa shape index (κ1) is 38.4. The number of unbranched alkanes of at least 4 members (excludes halogenated alkanes) is 1. The fourth-order valence-electron chi connectivity index (χ4n) is 9.92. The summed E-state index contributed by atoms with van der Waals surface area (Å²) in [6.07, 6.45) is 13.2. The molecule has 280 valence electrons. The third kappa shape index (κ3) is 8.43. The molecular weight excluding hydrogens is 636 g/mol. The first-order chi connectivity index (χ1) is 24.1. The minimum atomic E-state index is -1.06. The molecule has 1 aromatic rings. The SMILES string of the molecule is CCCCC(CCCO)C(CC(OC(=O)C12CCCCC1CC1(CCCC1)C(=O)N2)C1(Cc2ccc(O)c(OC)c2)CCNCC1)OC(C)=O. The van der Waals surface area contributed by atoms with Crippen LogP contribution in [0.3, 0.4) is 0 Å². The second-order valence-corrected chi connectivity index (χ2v) is 15.9. The minimum Gasteiger partial charge on any atom is -0.504 e. The van der Waals surface area contributed by atoms with E-state index in [1.54, 1.807) is 6.07 Å². The van der Waals surface area contributed by atoms with Gasteiger partial charge < -0.3 is 35.1 Å². The summed E-state index contributed by atoms with van der Waals surface area (Å²) in [5.41, 5.74) is -0.997. The standard InChI is InChI=1S/C40H62N2O8/c1-4-5-11-30(12-10-23-43)33(49-28(2)44)25-35(38(19-21-41-22-20-38)26-29-14-15-32(45)34(24-29)48-3)50-37(47)40-18-7-6-13-31(40)27-39(36(46)42-40)16-8-9-17-39/h14-15,24,30-31,33,35,41,43,45H,4-13,16-23,25-27H2,1-3H3,(H,42,46). The van der Waals surface area contributed by atoms with Gasteiger partial charge in [0.05, 0.1) is 7.11 Å². The van der Waals surface area contributed by atoms with E-state index in [2.05, 4.69) is 17.6 Å². The van der Waals surface area contributed by atoms with E-state index in [9.17, 15) is 24.6 Å². The number of aliphatic hydroxyl groups is 1. The van der Waals surface area contributed by atoms with Gasteiger partial charge in [0.1, 0.15) is 17.7 Å². The molecule has 5 atom stereocenters. The Morgan fingerprint density at radius 3 is 2.40 bits per heavy atom. The highest BCUT2D eigenvalue weighted by atomic mass is 16.6. The lowest BCUT2D eigenvalue weighted by molar-refractivity contribution is -0.182. The van der Waals surface area contributed by atoms with Crippen molar-refractivity contribution in [2.24, 2.45) is 22.7 Å². The number of aromatic hydroxyl groups is 1. The van der Waals surface area contributed by atoms with Crippen LogP contribution in [0.2, 0.25) is 0 Å². The van der Waals surface area contributed by atoms with Gasteiger partial charge in [-0.25, -0.2) is 4.79 Å². The second-order valence-electron chi connectivity index (χ2n) is 15.9. The van der Waals surface area contributed by atoms with Gasteiger partial charge >= 0.3 is 11.9 Å². The van der Waals surface area contributed by atoms with E-state index in [1.165, 1.54) is 14.0 Å². The number of benzene rings is 1. The van der Waals surface area contributed by atoms with Gasteiger partial charge in [0.2, 0.25) is 5.91 Å². The van der Waals surface area contributed by atoms with Crippen LogP contribution in [-0.2, 0) is 30.3 Å². The van der Waals surface area contributed by atoms with E-state index in [1.807, 2.05) is 12.1 Å². The molecule has 2 saturated carbocycles. The zero-order chi connectivity index (χ0) is 35.8. The van der Waals surface area contributed by atoms with E-state index in [0.717, 1.165) is 102 Å². The molecule has 1 aromatic carbocycles. The molecule has 50 heavy (non-hydrogen) atoms. The normalized spacial score (nSPS) is 25.9. The van der Waals surface area contributed by atoms with Gasteiger partial charge in [0, 0.05) is 30.8 Å². The van der Waals surface area contributed by atoms with Gasteiger partial charge in [-0.1, -0.05) is 51.5 Å². The van der Waals surface area contributed by atoms with Gasteiger partial charge in [-0.05, 0) is 113 Å². The molecule has 5 unspecified atom stereocenters. The Kier molecular flexibility index (Phi) is 13.1. The Morgan fingerprint density at radius 2 is 1.72 bits per heavy atom. The molecule has 2 saturated heterocycles. The van der Waals surface area contributed by atoms with Gasteiger partial charge in [0.25, 0.3) is 0 Å². The van der Waals surface area contributed by atoms with E-state index >= 15 is 0 Å². The van der Waals surface area contributed by atoms with Crippen LogP contribution < -0.4 is 15.4 Å². The highest BCUT2D eigenvalue weighted by molar-refractivity contribution is 5.93. The van der Waals surface area contributed by atoms with E-state index in [0.29, 0.717) is 37.9 Å². The Morgan fingerprint density at radius 1 is 1.00 bits per heavy atom. The lowest BCUT2D eigenvalue weighted by Crippen LogP contribution is -2.68. The van der Waals surface area contributed by atoms with Crippen LogP contribution >= 0.6 is 0 Å². The number of ether oxygens (including phenoxy) is 3. The van der Waals surface area contributed by atoms with Crippen molar-refractivity contribution in [2.75, 3.05) is 26.8 Å². The molecule has 2 aliphatic carbocycles. The Hall–Kier alpha value is -2.85. The van der Waals surface area contributed by atoms with Gasteiger partial charge in [-0.15, -0.1) is 0 Å². The number of nitrogens with one attached hydrogen (secondary N) is 2. The number of phenolic OH excluding ortho intramolecular Hbond substituents is 1. The minimum absolute atomic E-state index is 0.00284. The van der Waals surface area contributed by atoms with Crippen LogP contribution in [0.1, 0.15) is 129 Å². The summed E-state index contributed by atoms with van der Waals surface area (Å²) in [7, 11) is 1.53. The van der Waals surface area contributed by atoms with Crippen molar-refractivity contribution < 1.29 is 38.8 Å². The van der Waals surface area contributed by atoms with Gasteiger partial charge in [-0.2, -0.15) is 0 Å². The van der Waals surface area contributed by atoms with Crippen molar-refractivity contribution in [1.82, 2.24) is 10.6 Å². The predicted molar refractivity (Wildman–Crippen MR) is 191 cm³/mol. The quantitative estimate of drug-likeness (QED) is 0.150. The van der Waals surface area contributed by atoms with Gasteiger partial charge in [-0.3, -0.25) is 9.59 Å². The molecule has 4 N–H and O–H groups in total. The van der Waals surface area contributed by atoms with Crippen LogP contribution in [0.15, 0.2) is 18.2 Å². The summed E-state index contributed by atoms with van der Waals surface area (Å²) in [5, 5.41) is 27.0. The maximum absolute atomic E-state index is 15.0. The van der Waals surface area contributed by atoms with Crippen LogP contribution in [0.5, 0.6) is 11.5 Å².